The first-order valence-electron chi connectivity index (χ1n) is 6.95. The maximum absolute atomic E-state index is 10.6. The van der Waals surface area contributed by atoms with Crippen molar-refractivity contribution in [2.75, 3.05) is 37.6 Å². The number of pyridine rings is 1. The van der Waals surface area contributed by atoms with Crippen LogP contribution in [-0.2, 0) is 0 Å². The topological polar surface area (TPSA) is 74.9 Å². The van der Waals surface area contributed by atoms with Gasteiger partial charge >= 0.3 is 5.82 Å². The Morgan fingerprint density at radius 1 is 1.29 bits per heavy atom. The third kappa shape index (κ3) is 3.10. The van der Waals surface area contributed by atoms with Gasteiger partial charge in [-0.15, -0.1) is 0 Å². The minimum atomic E-state index is -0.474. The molecule has 0 spiro atoms. The molecule has 0 bridgehead atoms. The van der Waals surface area contributed by atoms with E-state index < -0.39 is 4.92 Å². The minimum absolute atomic E-state index is 0.108. The van der Waals surface area contributed by atoms with Crippen LogP contribution in [0.15, 0.2) is 23.3 Å². The molecule has 1 saturated heterocycles. The fourth-order valence-corrected chi connectivity index (χ4v) is 3.45. The van der Waals surface area contributed by atoms with E-state index in [1.54, 1.807) is 12.3 Å². The monoisotopic (exact) mass is 307 g/mol. The molecule has 0 saturated carbocycles. The number of hydrogen-bond donors (Lipinski definition) is 0. The van der Waals surface area contributed by atoms with Gasteiger partial charge in [-0.25, -0.2) is 0 Å². The van der Waals surface area contributed by atoms with E-state index in [1.807, 2.05) is 11.8 Å². The number of nitrogens with zero attached hydrogens (tertiary/aromatic N) is 5. The highest BCUT2D eigenvalue weighted by Crippen LogP contribution is 2.25. The number of aliphatic imine (C=N–C) groups is 1. The van der Waals surface area contributed by atoms with Gasteiger partial charge in [-0.05, 0) is 16.0 Å². The fraction of sp³-hybridized carbons (Fsp3) is 0.538. The number of thioether (sulfide) groups is 1. The van der Waals surface area contributed by atoms with Gasteiger partial charge in [-0.3, -0.25) is 4.99 Å². The summed E-state index contributed by atoms with van der Waals surface area (Å²) in [5.41, 5.74) is 0.939. The third-order valence-electron chi connectivity index (χ3n) is 3.62. The first-order valence-corrected chi connectivity index (χ1v) is 7.83. The molecule has 2 aliphatic heterocycles. The zero-order valence-electron chi connectivity index (χ0n) is 11.8. The molecule has 2 aliphatic rings. The van der Waals surface area contributed by atoms with Crippen molar-refractivity contribution in [2.24, 2.45) is 4.99 Å². The van der Waals surface area contributed by atoms with Crippen LogP contribution in [0.3, 0.4) is 0 Å². The zero-order chi connectivity index (χ0) is 14.8. The van der Waals surface area contributed by atoms with E-state index in [2.05, 4.69) is 26.7 Å². The average Bonchev–Trinajstić information content (AvgIpc) is 2.94. The van der Waals surface area contributed by atoms with Gasteiger partial charge in [0.1, 0.15) is 0 Å². The summed E-state index contributed by atoms with van der Waals surface area (Å²) in [4.78, 5) is 23.1. The molecule has 7 nitrogen and oxygen atoms in total. The van der Waals surface area contributed by atoms with Crippen LogP contribution in [0.1, 0.15) is 6.92 Å². The van der Waals surface area contributed by atoms with Gasteiger partial charge in [0, 0.05) is 37.5 Å². The molecule has 0 amide bonds. The summed E-state index contributed by atoms with van der Waals surface area (Å²) in [6, 6.07) is 3.23. The number of rotatable bonds is 2. The molecule has 1 aromatic rings. The summed E-state index contributed by atoms with van der Waals surface area (Å²) in [5.74, 6) is -0.108. The number of piperazine rings is 1. The molecular weight excluding hydrogens is 290 g/mol. The summed E-state index contributed by atoms with van der Waals surface area (Å²) in [5, 5.41) is 12.3. The molecule has 3 heterocycles. The molecule has 8 heteroatoms. The van der Waals surface area contributed by atoms with Crippen LogP contribution < -0.4 is 4.90 Å². The standard InChI is InChI=1S/C13H17N5O2S/c1-10-8-15-13(21-10)17-6-4-16(5-7-17)11-2-3-12(14-9-11)18(19)20/h2-3,9-10H,4-8H2,1H3/t10-/m1/s1. The van der Waals surface area contributed by atoms with Gasteiger partial charge in [0.2, 0.25) is 0 Å². The number of nitro groups is 1. The maximum Gasteiger partial charge on any atom is 0.363 e. The molecule has 3 rings (SSSR count). The van der Waals surface area contributed by atoms with Crippen LogP contribution in [0.4, 0.5) is 11.5 Å². The molecular formula is C13H17N5O2S. The SMILES string of the molecule is C[C@@H]1CN=C(N2CCN(c3ccc([N+](=O)[O-])nc3)CC2)S1. The lowest BCUT2D eigenvalue weighted by atomic mass is 10.3. The van der Waals surface area contributed by atoms with Crippen molar-refractivity contribution in [3.63, 3.8) is 0 Å². The van der Waals surface area contributed by atoms with Crippen LogP contribution in [0.25, 0.3) is 0 Å². The average molecular weight is 307 g/mol. The second kappa shape index (κ2) is 5.88. The number of amidine groups is 1. The normalized spacial score (nSPS) is 22.3. The summed E-state index contributed by atoms with van der Waals surface area (Å²) in [7, 11) is 0. The smallest absolute Gasteiger partial charge is 0.363 e. The summed E-state index contributed by atoms with van der Waals surface area (Å²) >= 11 is 1.84. The summed E-state index contributed by atoms with van der Waals surface area (Å²) < 4.78 is 0. The first kappa shape index (κ1) is 14.1. The minimum Gasteiger partial charge on any atom is -0.365 e. The maximum atomic E-state index is 10.6. The predicted octanol–water partition coefficient (Wildman–Crippen LogP) is 1.60. The molecule has 0 N–H and O–H groups in total. The van der Waals surface area contributed by atoms with E-state index in [0.717, 1.165) is 43.6 Å². The van der Waals surface area contributed by atoms with Crippen LogP contribution in [-0.4, -0.2) is 57.9 Å². The second-order valence-electron chi connectivity index (χ2n) is 5.16. The fourth-order valence-electron chi connectivity index (χ4n) is 2.46. The van der Waals surface area contributed by atoms with Gasteiger partial charge < -0.3 is 19.9 Å². The summed E-state index contributed by atoms with van der Waals surface area (Å²) in [6.07, 6.45) is 1.58. The highest BCUT2D eigenvalue weighted by molar-refractivity contribution is 8.14. The molecule has 1 aromatic heterocycles. The van der Waals surface area contributed by atoms with Crippen molar-refractivity contribution in [1.29, 1.82) is 0 Å². The van der Waals surface area contributed by atoms with Crippen molar-refractivity contribution >= 4 is 28.4 Å². The Hall–Kier alpha value is -1.83. The number of anilines is 1. The summed E-state index contributed by atoms with van der Waals surface area (Å²) in [6.45, 7) is 6.72. The van der Waals surface area contributed by atoms with E-state index in [0.29, 0.717) is 5.25 Å². The van der Waals surface area contributed by atoms with Crippen molar-refractivity contribution in [3.05, 3.63) is 28.4 Å². The van der Waals surface area contributed by atoms with Gasteiger partial charge in [0.05, 0.1) is 12.2 Å². The zero-order valence-corrected chi connectivity index (χ0v) is 12.6. The Morgan fingerprint density at radius 2 is 2.00 bits per heavy atom. The van der Waals surface area contributed by atoms with Crippen LogP contribution in [0, 0.1) is 10.1 Å². The third-order valence-corrected chi connectivity index (χ3v) is 4.77. The lowest BCUT2D eigenvalue weighted by Crippen LogP contribution is -2.47. The highest BCUT2D eigenvalue weighted by atomic mass is 32.2. The Kier molecular flexibility index (Phi) is 3.96. The molecule has 0 aromatic carbocycles. The largest absolute Gasteiger partial charge is 0.365 e. The lowest BCUT2D eigenvalue weighted by molar-refractivity contribution is -0.389. The number of aromatic nitrogens is 1. The Morgan fingerprint density at radius 3 is 2.52 bits per heavy atom. The molecule has 21 heavy (non-hydrogen) atoms. The molecule has 0 radical (unpaired) electrons. The van der Waals surface area contributed by atoms with Gasteiger partial charge in [-0.1, -0.05) is 18.7 Å². The first-order chi connectivity index (χ1) is 10.1. The van der Waals surface area contributed by atoms with Crippen molar-refractivity contribution in [1.82, 2.24) is 9.88 Å². The molecule has 112 valence electrons. The Bertz CT molecular complexity index is 554. The van der Waals surface area contributed by atoms with E-state index >= 15 is 0 Å². The van der Waals surface area contributed by atoms with Crippen molar-refractivity contribution in [2.45, 2.75) is 12.2 Å². The highest BCUT2D eigenvalue weighted by Gasteiger charge is 2.25. The number of hydrogen-bond acceptors (Lipinski definition) is 7. The quantitative estimate of drug-likeness (QED) is 0.610. The molecule has 0 aliphatic carbocycles. The van der Waals surface area contributed by atoms with Crippen molar-refractivity contribution in [3.8, 4) is 0 Å². The van der Waals surface area contributed by atoms with Crippen molar-refractivity contribution < 1.29 is 4.92 Å². The Balaban J connectivity index is 1.59. The second-order valence-corrected chi connectivity index (χ2v) is 6.56. The van der Waals surface area contributed by atoms with Gasteiger partial charge in [0.25, 0.3) is 0 Å². The van der Waals surface area contributed by atoms with Gasteiger partial charge in [0.15, 0.2) is 11.4 Å². The molecule has 1 atom stereocenters. The van der Waals surface area contributed by atoms with Crippen LogP contribution in [0.2, 0.25) is 0 Å². The lowest BCUT2D eigenvalue weighted by Gasteiger charge is -2.36. The predicted molar refractivity (Wildman–Crippen MR) is 84.0 cm³/mol. The molecule has 0 unspecified atom stereocenters. The van der Waals surface area contributed by atoms with E-state index in [1.165, 1.54) is 6.07 Å². The van der Waals surface area contributed by atoms with E-state index in [9.17, 15) is 10.1 Å². The van der Waals surface area contributed by atoms with E-state index in [4.69, 9.17) is 0 Å². The Labute approximate surface area is 127 Å². The van der Waals surface area contributed by atoms with E-state index in [-0.39, 0.29) is 5.82 Å². The van der Waals surface area contributed by atoms with Gasteiger partial charge in [-0.2, -0.15) is 0 Å². The van der Waals surface area contributed by atoms with Crippen LogP contribution in [0.5, 0.6) is 0 Å². The molecule has 1 fully saturated rings. The van der Waals surface area contributed by atoms with Crippen LogP contribution >= 0.6 is 11.8 Å².